The number of carbonyl (C=O) groups is 1. The van der Waals surface area contributed by atoms with Crippen LogP contribution in [0.4, 0.5) is 0 Å². The summed E-state index contributed by atoms with van der Waals surface area (Å²) in [6, 6.07) is 13.8. The Morgan fingerprint density at radius 3 is 2.38 bits per heavy atom. The van der Waals surface area contributed by atoms with E-state index in [4.69, 9.17) is 9.84 Å². The van der Waals surface area contributed by atoms with E-state index in [0.29, 0.717) is 5.75 Å². The molecule has 2 rings (SSSR count). The van der Waals surface area contributed by atoms with E-state index >= 15 is 0 Å². The van der Waals surface area contributed by atoms with E-state index in [0.717, 1.165) is 15.4 Å². The molecule has 0 radical (unpaired) electrons. The van der Waals surface area contributed by atoms with E-state index in [1.165, 1.54) is 4.90 Å². The Bertz CT molecular complexity index is 624. The third-order valence-electron chi connectivity index (χ3n) is 2.90. The Kier molecular flexibility index (Phi) is 5.59. The van der Waals surface area contributed by atoms with Gasteiger partial charge >= 0.3 is 5.97 Å². The molecule has 0 atom stereocenters. The molecule has 110 valence electrons. The van der Waals surface area contributed by atoms with Crippen LogP contribution in [0.25, 0.3) is 0 Å². The van der Waals surface area contributed by atoms with Crippen molar-refractivity contribution in [1.29, 1.82) is 0 Å². The average Bonchev–Trinajstić information content (AvgIpc) is 2.49. The number of aliphatic carboxylic acids is 1. The normalized spacial score (nSPS) is 10.4. The van der Waals surface area contributed by atoms with Crippen LogP contribution in [0.5, 0.6) is 5.75 Å². The van der Waals surface area contributed by atoms with Crippen LogP contribution in [-0.2, 0) is 11.2 Å². The van der Waals surface area contributed by atoms with E-state index in [2.05, 4.69) is 12.1 Å². The van der Waals surface area contributed by atoms with Crippen LogP contribution in [0.15, 0.2) is 57.2 Å². The van der Waals surface area contributed by atoms with Crippen LogP contribution in [0.1, 0.15) is 5.56 Å². The van der Waals surface area contributed by atoms with Crippen molar-refractivity contribution in [2.75, 3.05) is 13.4 Å². The molecule has 0 aliphatic rings. The number of carboxylic acid groups (broad SMARTS) is 1. The van der Waals surface area contributed by atoms with Crippen molar-refractivity contribution >= 4 is 29.5 Å². The number of hydrogen-bond acceptors (Lipinski definition) is 4. The van der Waals surface area contributed by atoms with E-state index < -0.39 is 5.97 Å². The van der Waals surface area contributed by atoms with Crippen molar-refractivity contribution in [3.63, 3.8) is 0 Å². The molecule has 21 heavy (non-hydrogen) atoms. The number of benzene rings is 2. The molecule has 5 heteroatoms. The molecule has 0 spiro atoms. The standard InChI is InChI=1S/C16H16O3S2/c1-19-12-3-8-15(11(9-12)10-16(17)18)21-14-6-4-13(20-2)5-7-14/h3-9H,10H2,1-2H3,(H,17,18). The Labute approximate surface area is 132 Å². The second kappa shape index (κ2) is 7.43. The molecule has 2 aromatic carbocycles. The maximum Gasteiger partial charge on any atom is 0.307 e. The van der Waals surface area contributed by atoms with Gasteiger partial charge in [-0.3, -0.25) is 4.79 Å². The lowest BCUT2D eigenvalue weighted by Crippen LogP contribution is -2.02. The monoisotopic (exact) mass is 320 g/mol. The third-order valence-corrected chi connectivity index (χ3v) is 4.77. The highest BCUT2D eigenvalue weighted by Gasteiger charge is 2.10. The molecule has 1 N–H and O–H groups in total. The van der Waals surface area contributed by atoms with Crippen LogP contribution in [0.3, 0.4) is 0 Å². The number of ether oxygens (including phenoxy) is 1. The van der Waals surface area contributed by atoms with Gasteiger partial charge in [0.2, 0.25) is 0 Å². The minimum absolute atomic E-state index is 0.0115. The minimum atomic E-state index is -0.845. The summed E-state index contributed by atoms with van der Waals surface area (Å²) in [6.45, 7) is 0. The number of thioether (sulfide) groups is 1. The predicted molar refractivity (Wildman–Crippen MR) is 86.7 cm³/mol. The molecule has 0 bridgehead atoms. The van der Waals surface area contributed by atoms with Gasteiger partial charge in [0.15, 0.2) is 0 Å². The number of hydrogen-bond donors (Lipinski definition) is 1. The minimum Gasteiger partial charge on any atom is -0.497 e. The summed E-state index contributed by atoms with van der Waals surface area (Å²) in [5, 5.41) is 9.04. The Morgan fingerprint density at radius 2 is 1.81 bits per heavy atom. The molecule has 0 saturated heterocycles. The zero-order valence-corrected chi connectivity index (χ0v) is 13.5. The van der Waals surface area contributed by atoms with Crippen molar-refractivity contribution in [3.8, 4) is 5.75 Å². The molecule has 3 nitrogen and oxygen atoms in total. The van der Waals surface area contributed by atoms with Crippen LogP contribution in [-0.4, -0.2) is 24.4 Å². The molecular formula is C16H16O3S2. The lowest BCUT2D eigenvalue weighted by Gasteiger charge is -2.10. The summed E-state index contributed by atoms with van der Waals surface area (Å²) < 4.78 is 5.17. The topological polar surface area (TPSA) is 46.5 Å². The second-order valence-electron chi connectivity index (χ2n) is 4.32. The van der Waals surface area contributed by atoms with Gasteiger partial charge in [-0.25, -0.2) is 0 Å². The largest absolute Gasteiger partial charge is 0.497 e. The van der Waals surface area contributed by atoms with Gasteiger partial charge in [0.1, 0.15) is 5.75 Å². The fraction of sp³-hybridized carbons (Fsp3) is 0.188. The SMILES string of the molecule is COc1ccc(Sc2ccc(SC)cc2)c(CC(=O)O)c1. The van der Waals surface area contributed by atoms with Crippen molar-refractivity contribution in [2.24, 2.45) is 0 Å². The van der Waals surface area contributed by atoms with E-state index in [9.17, 15) is 4.79 Å². The van der Waals surface area contributed by atoms with Crippen LogP contribution >= 0.6 is 23.5 Å². The highest BCUT2D eigenvalue weighted by atomic mass is 32.2. The maximum atomic E-state index is 11.0. The van der Waals surface area contributed by atoms with E-state index in [-0.39, 0.29) is 6.42 Å². The van der Waals surface area contributed by atoms with Gasteiger partial charge in [0, 0.05) is 14.7 Å². The summed E-state index contributed by atoms with van der Waals surface area (Å²) in [4.78, 5) is 14.2. The Balaban J connectivity index is 2.26. The number of methoxy groups -OCH3 is 1. The third kappa shape index (κ3) is 4.44. The zero-order chi connectivity index (χ0) is 15.2. The lowest BCUT2D eigenvalue weighted by molar-refractivity contribution is -0.136. The average molecular weight is 320 g/mol. The lowest BCUT2D eigenvalue weighted by atomic mass is 10.1. The van der Waals surface area contributed by atoms with Gasteiger partial charge in [-0.05, 0) is 54.3 Å². The molecule has 0 heterocycles. The summed E-state index contributed by atoms with van der Waals surface area (Å²) >= 11 is 3.26. The fourth-order valence-electron chi connectivity index (χ4n) is 1.85. The van der Waals surface area contributed by atoms with Crippen molar-refractivity contribution in [3.05, 3.63) is 48.0 Å². The van der Waals surface area contributed by atoms with Crippen molar-refractivity contribution in [1.82, 2.24) is 0 Å². The number of carboxylic acids is 1. The van der Waals surface area contributed by atoms with Gasteiger partial charge in [-0.1, -0.05) is 11.8 Å². The zero-order valence-electron chi connectivity index (χ0n) is 11.8. The highest BCUT2D eigenvalue weighted by molar-refractivity contribution is 7.99. The Morgan fingerprint density at radius 1 is 1.14 bits per heavy atom. The van der Waals surface area contributed by atoms with Crippen molar-refractivity contribution < 1.29 is 14.6 Å². The first-order valence-corrected chi connectivity index (χ1v) is 8.37. The molecule has 0 fully saturated rings. The molecule has 0 aromatic heterocycles. The predicted octanol–water partition coefficient (Wildman–Crippen LogP) is 4.20. The van der Waals surface area contributed by atoms with Gasteiger partial charge < -0.3 is 9.84 Å². The molecule has 0 aliphatic carbocycles. The summed E-state index contributed by atoms with van der Waals surface area (Å²) in [5.74, 6) is -0.170. The Hall–Kier alpha value is -1.59. The molecule has 0 saturated carbocycles. The molecular weight excluding hydrogens is 304 g/mol. The van der Waals surface area contributed by atoms with Crippen LogP contribution in [0, 0.1) is 0 Å². The summed E-state index contributed by atoms with van der Waals surface area (Å²) in [5.41, 5.74) is 0.765. The molecule has 0 unspecified atom stereocenters. The van der Waals surface area contributed by atoms with Crippen molar-refractivity contribution in [2.45, 2.75) is 21.1 Å². The van der Waals surface area contributed by atoms with E-state index in [1.54, 1.807) is 36.7 Å². The second-order valence-corrected chi connectivity index (χ2v) is 6.32. The van der Waals surface area contributed by atoms with Crippen LogP contribution < -0.4 is 4.74 Å². The highest BCUT2D eigenvalue weighted by Crippen LogP contribution is 2.33. The first-order chi connectivity index (χ1) is 10.1. The first-order valence-electron chi connectivity index (χ1n) is 6.33. The fourth-order valence-corrected chi connectivity index (χ4v) is 3.19. The number of rotatable bonds is 6. The molecule has 0 aliphatic heterocycles. The quantitative estimate of drug-likeness (QED) is 0.808. The summed E-state index contributed by atoms with van der Waals surface area (Å²) in [7, 11) is 1.58. The van der Waals surface area contributed by atoms with Gasteiger partial charge in [-0.15, -0.1) is 11.8 Å². The first kappa shape index (κ1) is 15.8. The molecule has 2 aromatic rings. The van der Waals surface area contributed by atoms with Gasteiger partial charge in [0.05, 0.1) is 13.5 Å². The maximum absolute atomic E-state index is 11.0. The van der Waals surface area contributed by atoms with Gasteiger partial charge in [0.25, 0.3) is 0 Å². The molecule has 0 amide bonds. The smallest absolute Gasteiger partial charge is 0.307 e. The van der Waals surface area contributed by atoms with Gasteiger partial charge in [-0.2, -0.15) is 0 Å². The summed E-state index contributed by atoms with van der Waals surface area (Å²) in [6.07, 6.45) is 2.03. The van der Waals surface area contributed by atoms with E-state index in [1.807, 2.05) is 30.5 Å². The van der Waals surface area contributed by atoms with Crippen LogP contribution in [0.2, 0.25) is 0 Å².